The predicted molar refractivity (Wildman–Crippen MR) is 107 cm³/mol. The molecule has 4 rings (SSSR count). The average molecular weight is 373 g/mol. The van der Waals surface area contributed by atoms with Crippen molar-refractivity contribution in [2.75, 3.05) is 6.61 Å². The van der Waals surface area contributed by atoms with Gasteiger partial charge in [0, 0.05) is 25.5 Å². The fourth-order valence-electron chi connectivity index (χ4n) is 7.05. The van der Waals surface area contributed by atoms with Crippen molar-refractivity contribution in [2.24, 2.45) is 34.5 Å². The predicted octanol–water partition coefficient (Wildman–Crippen LogP) is 4.04. The number of aliphatic hydroxyl groups is 2. The molecule has 1 heterocycles. The summed E-state index contributed by atoms with van der Waals surface area (Å²) in [5, 5.41) is 20.5. The Balaban J connectivity index is 1.67. The van der Waals surface area contributed by atoms with Crippen LogP contribution in [0.15, 0.2) is 30.9 Å². The Labute approximate surface area is 163 Å². The van der Waals surface area contributed by atoms with Gasteiger partial charge in [-0.3, -0.25) is 0 Å². The van der Waals surface area contributed by atoms with Crippen molar-refractivity contribution in [3.05, 3.63) is 30.9 Å². The number of hydrogen-bond acceptors (Lipinski definition) is 3. The summed E-state index contributed by atoms with van der Waals surface area (Å²) in [6.07, 6.45) is 13.1. The van der Waals surface area contributed by atoms with Crippen LogP contribution in [0.4, 0.5) is 0 Å². The Hall–Kier alpha value is -1.13. The molecule has 3 saturated carbocycles. The number of nitrogens with zero attached hydrogens (tertiary/aromatic N) is 2. The highest BCUT2D eigenvalue weighted by atomic mass is 16.3. The summed E-state index contributed by atoms with van der Waals surface area (Å²) < 4.78 is 2.25. The minimum absolute atomic E-state index is 0.168. The highest BCUT2D eigenvalue weighted by Crippen LogP contribution is 2.62. The van der Waals surface area contributed by atoms with Gasteiger partial charge in [-0.25, -0.2) is 4.98 Å². The third-order valence-corrected chi connectivity index (χ3v) is 8.71. The van der Waals surface area contributed by atoms with Gasteiger partial charge in [-0.1, -0.05) is 26.0 Å². The molecule has 0 aliphatic heterocycles. The van der Waals surface area contributed by atoms with Crippen LogP contribution in [0.2, 0.25) is 0 Å². The van der Waals surface area contributed by atoms with Gasteiger partial charge < -0.3 is 14.8 Å². The van der Waals surface area contributed by atoms with E-state index in [2.05, 4.69) is 36.2 Å². The summed E-state index contributed by atoms with van der Waals surface area (Å²) >= 11 is 0. The second-order valence-electron chi connectivity index (χ2n) is 10.1. The first kappa shape index (κ1) is 19.2. The number of aliphatic hydroxyl groups excluding tert-OH is 2. The summed E-state index contributed by atoms with van der Waals surface area (Å²) in [7, 11) is 0. The van der Waals surface area contributed by atoms with Gasteiger partial charge in [0.25, 0.3) is 0 Å². The van der Waals surface area contributed by atoms with Crippen molar-refractivity contribution >= 4 is 0 Å². The van der Waals surface area contributed by atoms with E-state index in [1.165, 1.54) is 24.8 Å². The largest absolute Gasteiger partial charge is 0.396 e. The fourth-order valence-corrected chi connectivity index (χ4v) is 7.05. The second-order valence-corrected chi connectivity index (χ2v) is 10.1. The zero-order valence-corrected chi connectivity index (χ0v) is 17.0. The number of rotatable bonds is 4. The Morgan fingerprint density at radius 1 is 1.22 bits per heavy atom. The fraction of sp³-hybridized carbons (Fsp3) is 0.783. The summed E-state index contributed by atoms with van der Waals surface area (Å²) in [5.74, 6) is 2.34. The monoisotopic (exact) mass is 372 g/mol. The van der Waals surface area contributed by atoms with Crippen molar-refractivity contribution < 1.29 is 10.2 Å². The van der Waals surface area contributed by atoms with E-state index >= 15 is 0 Å². The summed E-state index contributed by atoms with van der Waals surface area (Å²) in [6, 6.07) is 0. The molecular weight excluding hydrogens is 336 g/mol. The molecule has 1 aromatic heterocycles. The van der Waals surface area contributed by atoms with Gasteiger partial charge in [-0.05, 0) is 79.4 Å². The first-order chi connectivity index (χ1) is 12.9. The maximum absolute atomic E-state index is 10.3. The molecular formula is C23H36N2O2. The molecule has 0 saturated heterocycles. The number of allylic oxidation sites excluding steroid dienone is 1. The Morgan fingerprint density at radius 3 is 2.74 bits per heavy atom. The number of hydrogen-bond donors (Lipinski definition) is 2. The van der Waals surface area contributed by atoms with Gasteiger partial charge in [0.1, 0.15) is 0 Å². The number of fused-ring (bicyclic) bond motifs is 1. The molecule has 150 valence electrons. The van der Waals surface area contributed by atoms with Gasteiger partial charge in [0.15, 0.2) is 0 Å². The molecule has 0 aromatic carbocycles. The third kappa shape index (κ3) is 3.19. The molecule has 2 N–H and O–H groups in total. The average Bonchev–Trinajstić information content (AvgIpc) is 3.25. The van der Waals surface area contributed by atoms with Gasteiger partial charge in [-0.15, -0.1) is 0 Å². The van der Waals surface area contributed by atoms with E-state index in [0.29, 0.717) is 23.7 Å². The van der Waals surface area contributed by atoms with E-state index in [0.717, 1.165) is 32.2 Å². The molecule has 7 atom stereocenters. The summed E-state index contributed by atoms with van der Waals surface area (Å²) in [5.41, 5.74) is 1.55. The van der Waals surface area contributed by atoms with Crippen LogP contribution in [0, 0.1) is 34.5 Å². The van der Waals surface area contributed by atoms with Crippen molar-refractivity contribution in [1.82, 2.24) is 9.55 Å². The first-order valence-electron chi connectivity index (χ1n) is 10.8. The minimum Gasteiger partial charge on any atom is -0.396 e. The van der Waals surface area contributed by atoms with Gasteiger partial charge in [0.05, 0.1) is 12.4 Å². The molecule has 1 aromatic rings. The topological polar surface area (TPSA) is 58.3 Å². The van der Waals surface area contributed by atoms with E-state index in [1.54, 1.807) is 0 Å². The molecule has 0 amide bonds. The van der Waals surface area contributed by atoms with Crippen LogP contribution in [0.5, 0.6) is 0 Å². The third-order valence-electron chi connectivity index (χ3n) is 8.71. The molecule has 4 heteroatoms. The van der Waals surface area contributed by atoms with Crippen LogP contribution >= 0.6 is 0 Å². The highest BCUT2D eigenvalue weighted by molar-refractivity contribution is 5.20. The smallest absolute Gasteiger partial charge is 0.0946 e. The first-order valence-corrected chi connectivity index (χ1v) is 10.8. The molecule has 0 bridgehead atoms. The zero-order chi connectivity index (χ0) is 19.2. The molecule has 3 aliphatic rings. The van der Waals surface area contributed by atoms with Crippen LogP contribution in [0.3, 0.4) is 0 Å². The standard InChI is InChI=1S/C23H36N2O2/c1-16-4-6-21-19(13-25-11-10-24-15-25)18(8-9-23(16,21)3)20-7-5-17(27)12-22(20,2)14-26/h10-11,15,17-21,26-27H,1,4-9,12-14H2,2-3H3. The SMILES string of the molecule is C=C1CCC2C(Cn3ccnc3)C(C3CCC(O)CC3(C)CO)CCC12C. The lowest BCUT2D eigenvalue weighted by molar-refractivity contribution is -0.0863. The van der Waals surface area contributed by atoms with Crippen molar-refractivity contribution in [2.45, 2.75) is 71.4 Å². The van der Waals surface area contributed by atoms with E-state index in [1.807, 2.05) is 12.5 Å². The maximum Gasteiger partial charge on any atom is 0.0946 e. The molecule has 27 heavy (non-hydrogen) atoms. The van der Waals surface area contributed by atoms with Gasteiger partial charge >= 0.3 is 0 Å². The quantitative estimate of drug-likeness (QED) is 0.784. The van der Waals surface area contributed by atoms with Crippen LogP contribution < -0.4 is 0 Å². The van der Waals surface area contributed by atoms with Gasteiger partial charge in [-0.2, -0.15) is 0 Å². The van der Waals surface area contributed by atoms with Crippen LogP contribution in [-0.2, 0) is 6.54 Å². The minimum atomic E-state index is -0.259. The normalized spacial score (nSPS) is 45.0. The Bertz CT molecular complexity index is 672. The summed E-state index contributed by atoms with van der Waals surface area (Å²) in [4.78, 5) is 4.27. The molecule has 3 aliphatic carbocycles. The molecule has 0 spiro atoms. The lowest BCUT2D eigenvalue weighted by Crippen LogP contribution is -2.50. The zero-order valence-electron chi connectivity index (χ0n) is 17.0. The van der Waals surface area contributed by atoms with Crippen molar-refractivity contribution in [1.29, 1.82) is 0 Å². The molecule has 7 unspecified atom stereocenters. The van der Waals surface area contributed by atoms with E-state index < -0.39 is 0 Å². The van der Waals surface area contributed by atoms with Crippen LogP contribution in [0.25, 0.3) is 0 Å². The molecule has 0 radical (unpaired) electrons. The van der Waals surface area contributed by atoms with Crippen LogP contribution in [0.1, 0.15) is 58.8 Å². The molecule has 4 nitrogen and oxygen atoms in total. The maximum atomic E-state index is 10.3. The van der Waals surface area contributed by atoms with Crippen molar-refractivity contribution in [3.63, 3.8) is 0 Å². The Morgan fingerprint density at radius 2 is 2.04 bits per heavy atom. The van der Waals surface area contributed by atoms with E-state index in [-0.39, 0.29) is 23.5 Å². The van der Waals surface area contributed by atoms with E-state index in [9.17, 15) is 10.2 Å². The lowest BCUT2D eigenvalue weighted by Gasteiger charge is -2.54. The summed E-state index contributed by atoms with van der Waals surface area (Å²) in [6.45, 7) is 10.3. The van der Waals surface area contributed by atoms with Crippen LogP contribution in [-0.4, -0.2) is 32.5 Å². The molecule has 3 fully saturated rings. The van der Waals surface area contributed by atoms with E-state index in [4.69, 9.17) is 0 Å². The second kappa shape index (κ2) is 7.04. The highest BCUT2D eigenvalue weighted by Gasteiger charge is 2.55. The lowest BCUT2D eigenvalue weighted by atomic mass is 9.51. The van der Waals surface area contributed by atoms with Crippen molar-refractivity contribution in [3.8, 4) is 0 Å². The number of aromatic nitrogens is 2. The number of imidazole rings is 1. The Kier molecular flexibility index (Phi) is 5.00. The van der Waals surface area contributed by atoms with Gasteiger partial charge in [0.2, 0.25) is 0 Å².